The van der Waals surface area contributed by atoms with E-state index in [0.717, 1.165) is 28.9 Å². The van der Waals surface area contributed by atoms with Gasteiger partial charge in [0.25, 0.3) is 15.9 Å². The van der Waals surface area contributed by atoms with Gasteiger partial charge < -0.3 is 0 Å². The predicted octanol–water partition coefficient (Wildman–Crippen LogP) is 3.70. The fourth-order valence-corrected chi connectivity index (χ4v) is 4.86. The lowest BCUT2D eigenvalue weighted by Gasteiger charge is -2.13. The maximum absolute atomic E-state index is 12.6. The number of sulfonamides is 1. The molecule has 152 valence electrons. The van der Waals surface area contributed by atoms with Crippen LogP contribution in [0.3, 0.4) is 0 Å². The third-order valence-electron chi connectivity index (χ3n) is 4.36. The Bertz CT molecular complexity index is 1110. The van der Waals surface area contributed by atoms with Gasteiger partial charge in [0.15, 0.2) is 0 Å². The van der Waals surface area contributed by atoms with Gasteiger partial charge in [-0.25, -0.2) is 13.1 Å². The molecule has 2 aromatic carbocycles. The summed E-state index contributed by atoms with van der Waals surface area (Å²) in [6.07, 6.45) is 0.919. The van der Waals surface area contributed by atoms with Crippen molar-refractivity contribution < 1.29 is 13.2 Å². The van der Waals surface area contributed by atoms with Gasteiger partial charge in [-0.05, 0) is 43.5 Å². The van der Waals surface area contributed by atoms with Crippen molar-refractivity contribution in [2.45, 2.75) is 37.6 Å². The van der Waals surface area contributed by atoms with E-state index in [-0.39, 0.29) is 15.4 Å². The summed E-state index contributed by atoms with van der Waals surface area (Å²) in [6.45, 7) is 5.71. The minimum Gasteiger partial charge on any atom is -0.296 e. The average Bonchev–Trinajstić information content (AvgIpc) is 3.17. The van der Waals surface area contributed by atoms with Gasteiger partial charge in [0.2, 0.25) is 9.47 Å². The standard InChI is InChI=1S/C20H22N4O3S2/c1-4-15-8-10-16(11-9-15)14(3)24-29(26,27)20-23-22-19(28-20)21-18(25)17-7-5-6-13(2)12-17/h5-12,14,24H,4H2,1-3H3,(H,21,22,25)/t14-/m0/s1. The molecule has 3 rings (SSSR count). The quantitative estimate of drug-likeness (QED) is 0.557. The smallest absolute Gasteiger partial charge is 0.270 e. The number of carbonyl (C=O) groups excluding carboxylic acids is 1. The summed E-state index contributed by atoms with van der Waals surface area (Å²) in [6, 6.07) is 14.4. The molecule has 7 nitrogen and oxygen atoms in total. The fourth-order valence-electron chi connectivity index (χ4n) is 2.72. The summed E-state index contributed by atoms with van der Waals surface area (Å²) in [4.78, 5) is 12.3. The first-order chi connectivity index (χ1) is 13.8. The zero-order valence-corrected chi connectivity index (χ0v) is 18.0. The van der Waals surface area contributed by atoms with Gasteiger partial charge in [-0.15, -0.1) is 10.2 Å². The number of benzene rings is 2. The summed E-state index contributed by atoms with van der Waals surface area (Å²) >= 11 is 0.806. The zero-order valence-electron chi connectivity index (χ0n) is 16.3. The van der Waals surface area contributed by atoms with Crippen molar-refractivity contribution in [2.24, 2.45) is 0 Å². The third-order valence-corrected chi connectivity index (χ3v) is 7.10. The summed E-state index contributed by atoms with van der Waals surface area (Å²) in [5.41, 5.74) is 3.44. The molecule has 0 saturated carbocycles. The van der Waals surface area contributed by atoms with Crippen LogP contribution >= 0.6 is 11.3 Å². The highest BCUT2D eigenvalue weighted by Crippen LogP contribution is 2.23. The third kappa shape index (κ3) is 5.26. The summed E-state index contributed by atoms with van der Waals surface area (Å²) < 4.78 is 27.7. The van der Waals surface area contributed by atoms with E-state index in [9.17, 15) is 13.2 Å². The van der Waals surface area contributed by atoms with Crippen LogP contribution in [0.4, 0.5) is 5.13 Å². The van der Waals surface area contributed by atoms with E-state index in [1.807, 2.05) is 37.3 Å². The Hall–Kier alpha value is -2.62. The number of hydrogen-bond acceptors (Lipinski definition) is 6. The lowest BCUT2D eigenvalue weighted by Crippen LogP contribution is -2.26. The highest BCUT2D eigenvalue weighted by Gasteiger charge is 2.24. The number of aryl methyl sites for hydroxylation is 2. The molecule has 1 amide bonds. The Labute approximate surface area is 174 Å². The van der Waals surface area contributed by atoms with Crippen LogP contribution in [0.15, 0.2) is 52.9 Å². The van der Waals surface area contributed by atoms with Gasteiger partial charge in [0.1, 0.15) is 0 Å². The van der Waals surface area contributed by atoms with Gasteiger partial charge >= 0.3 is 0 Å². The molecule has 2 N–H and O–H groups in total. The molecule has 9 heteroatoms. The lowest BCUT2D eigenvalue weighted by atomic mass is 10.1. The van der Waals surface area contributed by atoms with Crippen LogP contribution in [-0.4, -0.2) is 24.5 Å². The van der Waals surface area contributed by atoms with Crippen LogP contribution in [0.1, 0.15) is 46.9 Å². The number of anilines is 1. The second-order valence-corrected chi connectivity index (χ2v) is 9.50. The van der Waals surface area contributed by atoms with Crippen LogP contribution < -0.4 is 10.0 Å². The molecule has 0 unspecified atom stereocenters. The van der Waals surface area contributed by atoms with Crippen molar-refractivity contribution in [3.63, 3.8) is 0 Å². The van der Waals surface area contributed by atoms with Crippen molar-refractivity contribution in [1.29, 1.82) is 0 Å². The van der Waals surface area contributed by atoms with Gasteiger partial charge in [-0.1, -0.05) is 60.2 Å². The Morgan fingerprint density at radius 3 is 2.52 bits per heavy atom. The van der Waals surface area contributed by atoms with Crippen LogP contribution in [0, 0.1) is 6.92 Å². The first-order valence-corrected chi connectivity index (χ1v) is 11.4. The van der Waals surface area contributed by atoms with E-state index in [1.165, 1.54) is 5.56 Å². The second kappa shape index (κ2) is 8.81. The summed E-state index contributed by atoms with van der Waals surface area (Å²) in [5.74, 6) is -0.369. The van der Waals surface area contributed by atoms with Gasteiger partial charge in [-0.2, -0.15) is 0 Å². The lowest BCUT2D eigenvalue weighted by molar-refractivity contribution is 0.102. The van der Waals surface area contributed by atoms with E-state index in [1.54, 1.807) is 25.1 Å². The number of carbonyl (C=O) groups is 1. The van der Waals surface area contributed by atoms with E-state index in [0.29, 0.717) is 5.56 Å². The van der Waals surface area contributed by atoms with E-state index >= 15 is 0 Å². The summed E-state index contributed by atoms with van der Waals surface area (Å²) in [5, 5.41) is 10.2. The Morgan fingerprint density at radius 1 is 1.14 bits per heavy atom. The Balaban J connectivity index is 1.70. The first kappa shape index (κ1) is 21.1. The number of amides is 1. The molecular weight excluding hydrogens is 408 g/mol. The highest BCUT2D eigenvalue weighted by atomic mass is 32.2. The molecule has 0 spiro atoms. The van der Waals surface area contributed by atoms with Crippen molar-refractivity contribution in [1.82, 2.24) is 14.9 Å². The van der Waals surface area contributed by atoms with Crippen molar-refractivity contribution in [2.75, 3.05) is 5.32 Å². The number of nitrogens with one attached hydrogen (secondary N) is 2. The second-order valence-electron chi connectivity index (χ2n) is 6.63. The van der Waals surface area contributed by atoms with Crippen molar-refractivity contribution in [3.05, 3.63) is 70.8 Å². The predicted molar refractivity (Wildman–Crippen MR) is 114 cm³/mol. The Morgan fingerprint density at radius 2 is 1.86 bits per heavy atom. The van der Waals surface area contributed by atoms with Crippen molar-refractivity contribution in [3.8, 4) is 0 Å². The molecule has 1 heterocycles. The minimum atomic E-state index is -3.87. The Kier molecular flexibility index (Phi) is 6.41. The van der Waals surface area contributed by atoms with Gasteiger partial charge in [0.05, 0.1) is 0 Å². The van der Waals surface area contributed by atoms with Crippen LogP contribution in [0.5, 0.6) is 0 Å². The molecule has 1 atom stereocenters. The first-order valence-electron chi connectivity index (χ1n) is 9.11. The van der Waals surface area contributed by atoms with Gasteiger partial charge in [0, 0.05) is 11.6 Å². The molecule has 1 aromatic heterocycles. The normalized spacial score (nSPS) is 12.5. The molecule has 29 heavy (non-hydrogen) atoms. The van der Waals surface area contributed by atoms with E-state index in [4.69, 9.17) is 0 Å². The molecule has 0 aliphatic carbocycles. The number of aromatic nitrogens is 2. The molecular formula is C20H22N4O3S2. The summed E-state index contributed by atoms with van der Waals surface area (Å²) in [7, 11) is -3.87. The topological polar surface area (TPSA) is 101 Å². The maximum atomic E-state index is 12.6. The molecule has 3 aromatic rings. The van der Waals surface area contributed by atoms with E-state index in [2.05, 4.69) is 27.2 Å². The zero-order chi connectivity index (χ0) is 21.0. The average molecular weight is 431 g/mol. The molecule has 0 bridgehead atoms. The number of hydrogen-bond donors (Lipinski definition) is 2. The minimum absolute atomic E-state index is 0.122. The number of nitrogens with zero attached hydrogens (tertiary/aromatic N) is 2. The van der Waals surface area contributed by atoms with Crippen LogP contribution in [-0.2, 0) is 16.4 Å². The maximum Gasteiger partial charge on any atom is 0.270 e. The van der Waals surface area contributed by atoms with E-state index < -0.39 is 16.1 Å². The molecule has 0 fully saturated rings. The molecule has 0 saturated heterocycles. The largest absolute Gasteiger partial charge is 0.296 e. The molecule has 0 radical (unpaired) electrons. The highest BCUT2D eigenvalue weighted by molar-refractivity contribution is 7.91. The van der Waals surface area contributed by atoms with Crippen molar-refractivity contribution >= 4 is 32.4 Å². The number of rotatable bonds is 7. The van der Waals surface area contributed by atoms with Crippen LogP contribution in [0.25, 0.3) is 0 Å². The SMILES string of the molecule is CCc1ccc([C@H](C)NS(=O)(=O)c2nnc(NC(=O)c3cccc(C)c3)s2)cc1. The monoisotopic (exact) mass is 430 g/mol. The molecule has 0 aliphatic rings. The molecule has 0 aliphatic heterocycles. The van der Waals surface area contributed by atoms with Gasteiger partial charge in [-0.3, -0.25) is 10.1 Å². The van der Waals surface area contributed by atoms with Crippen LogP contribution in [0.2, 0.25) is 0 Å². The fraction of sp³-hybridized carbons (Fsp3) is 0.250.